The highest BCUT2D eigenvalue weighted by Gasteiger charge is 2.40. The largest absolute Gasteiger partial charge is 0.393 e. The number of hydrogen-bond acceptors (Lipinski definition) is 2. The SMILES string of the molecule is OC(CCC1CCCC1)C1CCOC2(CCCCC2)C1. The Morgan fingerprint density at radius 1 is 1.00 bits per heavy atom. The molecule has 20 heavy (non-hydrogen) atoms. The van der Waals surface area contributed by atoms with E-state index in [0.717, 1.165) is 31.8 Å². The first-order chi connectivity index (χ1) is 9.77. The normalized spacial score (nSPS) is 32.5. The van der Waals surface area contributed by atoms with Gasteiger partial charge in [-0.2, -0.15) is 0 Å². The molecule has 1 heterocycles. The van der Waals surface area contributed by atoms with Crippen molar-refractivity contribution in [1.82, 2.24) is 0 Å². The zero-order chi connectivity index (χ0) is 13.8. The molecular formula is C18H32O2. The van der Waals surface area contributed by atoms with Crippen LogP contribution in [0.4, 0.5) is 0 Å². The zero-order valence-corrected chi connectivity index (χ0v) is 13.0. The minimum absolute atomic E-state index is 0.0710. The summed E-state index contributed by atoms with van der Waals surface area (Å²) < 4.78 is 6.15. The third-order valence-corrected chi connectivity index (χ3v) is 6.19. The van der Waals surface area contributed by atoms with Crippen molar-refractivity contribution in [2.45, 2.75) is 95.2 Å². The molecule has 0 aromatic heterocycles. The van der Waals surface area contributed by atoms with E-state index in [0.29, 0.717) is 5.92 Å². The lowest BCUT2D eigenvalue weighted by Crippen LogP contribution is -2.44. The standard InChI is InChI=1S/C18H32O2/c19-17(9-8-15-6-2-3-7-15)16-10-13-20-18(14-16)11-4-1-5-12-18/h15-17,19H,1-14H2. The lowest BCUT2D eigenvalue weighted by Gasteiger charge is -2.44. The maximum absolute atomic E-state index is 10.6. The Morgan fingerprint density at radius 3 is 2.50 bits per heavy atom. The lowest BCUT2D eigenvalue weighted by atomic mass is 9.74. The van der Waals surface area contributed by atoms with Crippen LogP contribution in [0.15, 0.2) is 0 Å². The minimum Gasteiger partial charge on any atom is -0.393 e. The van der Waals surface area contributed by atoms with Crippen molar-refractivity contribution in [3.63, 3.8) is 0 Å². The van der Waals surface area contributed by atoms with Gasteiger partial charge in [0.05, 0.1) is 11.7 Å². The molecule has 1 aliphatic heterocycles. The van der Waals surface area contributed by atoms with Gasteiger partial charge >= 0.3 is 0 Å². The first kappa shape index (κ1) is 14.8. The van der Waals surface area contributed by atoms with Crippen molar-refractivity contribution in [2.75, 3.05) is 6.61 Å². The second-order valence-corrected chi connectivity index (χ2v) is 7.64. The van der Waals surface area contributed by atoms with E-state index in [1.807, 2.05) is 0 Å². The van der Waals surface area contributed by atoms with Crippen molar-refractivity contribution < 1.29 is 9.84 Å². The fourth-order valence-electron chi connectivity index (χ4n) is 4.88. The van der Waals surface area contributed by atoms with E-state index in [2.05, 4.69) is 0 Å². The minimum atomic E-state index is -0.0710. The van der Waals surface area contributed by atoms with Gasteiger partial charge in [0.2, 0.25) is 0 Å². The molecule has 0 radical (unpaired) electrons. The Morgan fingerprint density at radius 2 is 1.75 bits per heavy atom. The topological polar surface area (TPSA) is 29.5 Å². The van der Waals surface area contributed by atoms with E-state index in [4.69, 9.17) is 4.74 Å². The highest BCUT2D eigenvalue weighted by Crippen LogP contribution is 2.42. The summed E-state index contributed by atoms with van der Waals surface area (Å²) in [5.41, 5.74) is 0.148. The Balaban J connectivity index is 1.47. The van der Waals surface area contributed by atoms with E-state index >= 15 is 0 Å². The molecule has 2 atom stereocenters. The van der Waals surface area contributed by atoms with Crippen LogP contribution in [0.2, 0.25) is 0 Å². The molecule has 0 aromatic rings. The van der Waals surface area contributed by atoms with Gasteiger partial charge in [0, 0.05) is 6.61 Å². The van der Waals surface area contributed by atoms with Gasteiger partial charge in [-0.05, 0) is 50.4 Å². The smallest absolute Gasteiger partial charge is 0.0686 e. The monoisotopic (exact) mass is 280 g/mol. The third-order valence-electron chi connectivity index (χ3n) is 6.19. The third kappa shape index (κ3) is 3.57. The molecule has 0 aromatic carbocycles. The van der Waals surface area contributed by atoms with Crippen LogP contribution >= 0.6 is 0 Å². The average molecular weight is 280 g/mol. The Bertz CT molecular complexity index is 284. The first-order valence-electron chi connectivity index (χ1n) is 9.09. The first-order valence-corrected chi connectivity index (χ1v) is 9.09. The summed E-state index contributed by atoms with van der Waals surface area (Å²) in [6, 6.07) is 0. The van der Waals surface area contributed by atoms with Crippen LogP contribution in [-0.4, -0.2) is 23.4 Å². The number of aliphatic hydroxyl groups is 1. The lowest BCUT2D eigenvalue weighted by molar-refractivity contribution is -0.134. The summed E-state index contributed by atoms with van der Waals surface area (Å²) in [4.78, 5) is 0. The van der Waals surface area contributed by atoms with Gasteiger partial charge in [0.25, 0.3) is 0 Å². The van der Waals surface area contributed by atoms with Gasteiger partial charge in [-0.3, -0.25) is 0 Å². The molecule has 2 nitrogen and oxygen atoms in total. The molecule has 1 saturated heterocycles. The van der Waals surface area contributed by atoms with E-state index in [1.54, 1.807) is 0 Å². The summed E-state index contributed by atoms with van der Waals surface area (Å²) in [6.45, 7) is 0.880. The van der Waals surface area contributed by atoms with Crippen LogP contribution in [0.3, 0.4) is 0 Å². The van der Waals surface area contributed by atoms with Gasteiger partial charge in [0.1, 0.15) is 0 Å². The van der Waals surface area contributed by atoms with Crippen LogP contribution in [0.25, 0.3) is 0 Å². The van der Waals surface area contributed by atoms with Gasteiger partial charge in [-0.1, -0.05) is 44.9 Å². The van der Waals surface area contributed by atoms with E-state index < -0.39 is 0 Å². The van der Waals surface area contributed by atoms with E-state index in [9.17, 15) is 5.11 Å². The van der Waals surface area contributed by atoms with Crippen LogP contribution in [-0.2, 0) is 4.74 Å². The molecule has 2 saturated carbocycles. The number of aliphatic hydroxyl groups excluding tert-OH is 1. The predicted molar refractivity (Wildman–Crippen MR) is 81.7 cm³/mol. The maximum Gasteiger partial charge on any atom is 0.0686 e. The van der Waals surface area contributed by atoms with Gasteiger partial charge in [0.15, 0.2) is 0 Å². The van der Waals surface area contributed by atoms with Gasteiger partial charge in [-0.15, -0.1) is 0 Å². The number of rotatable bonds is 4. The fraction of sp³-hybridized carbons (Fsp3) is 1.00. The highest BCUT2D eigenvalue weighted by molar-refractivity contribution is 4.91. The summed E-state index contributed by atoms with van der Waals surface area (Å²) in [7, 11) is 0. The van der Waals surface area contributed by atoms with Crippen LogP contribution in [0.1, 0.15) is 83.5 Å². The Hall–Kier alpha value is -0.0800. The van der Waals surface area contributed by atoms with Gasteiger partial charge in [-0.25, -0.2) is 0 Å². The molecule has 1 spiro atoms. The summed E-state index contributed by atoms with van der Waals surface area (Å²) >= 11 is 0. The molecule has 3 fully saturated rings. The fourth-order valence-corrected chi connectivity index (χ4v) is 4.88. The Labute approximate surface area is 124 Å². The van der Waals surface area contributed by atoms with Crippen LogP contribution < -0.4 is 0 Å². The molecule has 2 heteroatoms. The molecule has 0 amide bonds. The molecule has 0 bridgehead atoms. The van der Waals surface area contributed by atoms with Crippen molar-refractivity contribution in [1.29, 1.82) is 0 Å². The van der Waals surface area contributed by atoms with Crippen molar-refractivity contribution in [3.8, 4) is 0 Å². The zero-order valence-electron chi connectivity index (χ0n) is 13.0. The highest BCUT2D eigenvalue weighted by atomic mass is 16.5. The summed E-state index contributed by atoms with van der Waals surface area (Å²) in [6.07, 6.45) is 16.6. The number of ether oxygens (including phenoxy) is 1. The molecule has 3 rings (SSSR count). The number of hydrogen-bond donors (Lipinski definition) is 1. The second kappa shape index (κ2) is 6.79. The van der Waals surface area contributed by atoms with E-state index in [-0.39, 0.29) is 11.7 Å². The molecule has 116 valence electrons. The average Bonchev–Trinajstić information content (AvgIpc) is 2.99. The van der Waals surface area contributed by atoms with Crippen molar-refractivity contribution in [2.24, 2.45) is 11.8 Å². The van der Waals surface area contributed by atoms with E-state index in [1.165, 1.54) is 64.2 Å². The quantitative estimate of drug-likeness (QED) is 0.824. The summed E-state index contributed by atoms with van der Waals surface area (Å²) in [5, 5.41) is 10.6. The summed E-state index contributed by atoms with van der Waals surface area (Å²) in [5.74, 6) is 1.41. The Kier molecular flexibility index (Phi) is 5.04. The maximum atomic E-state index is 10.6. The van der Waals surface area contributed by atoms with Crippen molar-refractivity contribution >= 4 is 0 Å². The van der Waals surface area contributed by atoms with Crippen LogP contribution in [0, 0.1) is 11.8 Å². The second-order valence-electron chi connectivity index (χ2n) is 7.64. The molecule has 3 aliphatic rings. The molecule has 2 unspecified atom stereocenters. The molecular weight excluding hydrogens is 248 g/mol. The van der Waals surface area contributed by atoms with Crippen LogP contribution in [0.5, 0.6) is 0 Å². The van der Waals surface area contributed by atoms with Crippen molar-refractivity contribution in [3.05, 3.63) is 0 Å². The predicted octanol–water partition coefficient (Wildman–Crippen LogP) is 4.45. The molecule has 1 N–H and O–H groups in total. The van der Waals surface area contributed by atoms with Gasteiger partial charge < -0.3 is 9.84 Å². The molecule has 2 aliphatic carbocycles.